The number of benzene rings is 2. The van der Waals surface area contributed by atoms with E-state index in [2.05, 4.69) is 15.6 Å². The Kier molecular flexibility index (Phi) is 5.51. The Morgan fingerprint density at radius 3 is 2.69 bits per heavy atom. The standard InChI is InChI=1S/C21H18ClN3O3S/c1-28-15-7-5-12(6-8-15)19(26)25-21-24-18-16(9-10-17(18)29-21)20(27)23-14-4-2-3-13(22)11-14/h2-8,11,16H,9-10H2,1H3,(H,23,27)(H,24,25,26). The molecule has 148 valence electrons. The molecule has 0 fully saturated rings. The zero-order valence-corrected chi connectivity index (χ0v) is 17.1. The molecular formula is C21H18ClN3O3S. The van der Waals surface area contributed by atoms with E-state index in [1.807, 2.05) is 0 Å². The van der Waals surface area contributed by atoms with E-state index in [4.69, 9.17) is 16.3 Å². The predicted molar refractivity (Wildman–Crippen MR) is 114 cm³/mol. The Morgan fingerprint density at radius 1 is 1.17 bits per heavy atom. The second-order valence-corrected chi connectivity index (χ2v) is 8.12. The molecule has 4 rings (SSSR count). The molecule has 2 N–H and O–H groups in total. The highest BCUT2D eigenvalue weighted by Gasteiger charge is 2.33. The van der Waals surface area contributed by atoms with Gasteiger partial charge in [-0.2, -0.15) is 0 Å². The van der Waals surface area contributed by atoms with Gasteiger partial charge >= 0.3 is 0 Å². The molecule has 8 heteroatoms. The van der Waals surface area contributed by atoms with Crippen LogP contribution in [0, 0.1) is 0 Å². The van der Waals surface area contributed by atoms with Crippen molar-refractivity contribution in [2.24, 2.45) is 0 Å². The number of aromatic nitrogens is 1. The summed E-state index contributed by atoms with van der Waals surface area (Å²) in [5.41, 5.74) is 1.90. The zero-order chi connectivity index (χ0) is 20.4. The summed E-state index contributed by atoms with van der Waals surface area (Å²) in [6, 6.07) is 13.9. The summed E-state index contributed by atoms with van der Waals surface area (Å²) >= 11 is 7.39. The van der Waals surface area contributed by atoms with Crippen LogP contribution in [-0.2, 0) is 11.2 Å². The van der Waals surface area contributed by atoms with Crippen LogP contribution in [0.15, 0.2) is 48.5 Å². The van der Waals surface area contributed by atoms with E-state index >= 15 is 0 Å². The smallest absolute Gasteiger partial charge is 0.257 e. The number of hydrogen-bond acceptors (Lipinski definition) is 5. The van der Waals surface area contributed by atoms with Crippen LogP contribution in [0.2, 0.25) is 5.02 Å². The molecule has 2 amide bonds. The highest BCUT2D eigenvalue weighted by molar-refractivity contribution is 7.16. The Balaban J connectivity index is 1.45. The van der Waals surface area contributed by atoms with Gasteiger partial charge in [0.15, 0.2) is 5.13 Å². The molecule has 0 aliphatic heterocycles. The molecule has 0 saturated heterocycles. The van der Waals surface area contributed by atoms with Gasteiger partial charge in [-0.1, -0.05) is 17.7 Å². The van der Waals surface area contributed by atoms with Crippen molar-refractivity contribution in [1.29, 1.82) is 0 Å². The fourth-order valence-corrected chi connectivity index (χ4v) is 4.47. The number of nitrogens with one attached hydrogen (secondary N) is 2. The van der Waals surface area contributed by atoms with Gasteiger partial charge in [0.25, 0.3) is 5.91 Å². The lowest BCUT2D eigenvalue weighted by atomic mass is 10.1. The van der Waals surface area contributed by atoms with Gasteiger partial charge in [0.1, 0.15) is 5.75 Å². The van der Waals surface area contributed by atoms with Gasteiger partial charge in [0.2, 0.25) is 5.91 Å². The molecule has 3 aromatic rings. The molecule has 1 aromatic heterocycles. The van der Waals surface area contributed by atoms with Crippen LogP contribution in [0.3, 0.4) is 0 Å². The number of methoxy groups -OCH3 is 1. The van der Waals surface area contributed by atoms with Crippen molar-refractivity contribution in [2.75, 3.05) is 17.7 Å². The van der Waals surface area contributed by atoms with Crippen molar-refractivity contribution >= 4 is 45.6 Å². The number of carbonyl (C=O) groups excluding carboxylic acids is 2. The number of halogens is 1. The molecule has 1 aliphatic carbocycles. The first-order valence-electron chi connectivity index (χ1n) is 9.05. The largest absolute Gasteiger partial charge is 0.497 e. The van der Waals surface area contributed by atoms with E-state index in [1.54, 1.807) is 55.6 Å². The quantitative estimate of drug-likeness (QED) is 0.617. The van der Waals surface area contributed by atoms with Crippen molar-refractivity contribution < 1.29 is 14.3 Å². The molecule has 0 radical (unpaired) electrons. The number of thiazole rings is 1. The number of amides is 2. The number of anilines is 2. The number of carbonyl (C=O) groups is 2. The van der Waals surface area contributed by atoms with E-state index in [9.17, 15) is 9.59 Å². The first-order valence-corrected chi connectivity index (χ1v) is 10.2. The summed E-state index contributed by atoms with van der Waals surface area (Å²) < 4.78 is 5.10. The fraction of sp³-hybridized carbons (Fsp3) is 0.190. The molecule has 1 atom stereocenters. The van der Waals surface area contributed by atoms with Crippen LogP contribution in [0.1, 0.15) is 33.3 Å². The third-order valence-corrected chi connectivity index (χ3v) is 5.98. The van der Waals surface area contributed by atoms with Crippen LogP contribution in [-0.4, -0.2) is 23.9 Å². The monoisotopic (exact) mass is 427 g/mol. The van der Waals surface area contributed by atoms with E-state index in [-0.39, 0.29) is 17.7 Å². The minimum absolute atomic E-state index is 0.121. The Bertz CT molecular complexity index is 1070. The van der Waals surface area contributed by atoms with E-state index in [0.717, 1.165) is 17.0 Å². The van der Waals surface area contributed by atoms with Gasteiger partial charge in [0.05, 0.1) is 18.7 Å². The number of aryl methyl sites for hydroxylation is 1. The topological polar surface area (TPSA) is 80.3 Å². The van der Waals surface area contributed by atoms with Gasteiger partial charge < -0.3 is 10.1 Å². The molecular weight excluding hydrogens is 410 g/mol. The summed E-state index contributed by atoms with van der Waals surface area (Å²) in [6.07, 6.45) is 1.46. The van der Waals surface area contributed by atoms with Gasteiger partial charge in [-0.3, -0.25) is 14.9 Å². The molecule has 0 saturated carbocycles. The molecule has 0 bridgehead atoms. The minimum atomic E-state index is -0.341. The first kappa shape index (κ1) is 19.4. The lowest BCUT2D eigenvalue weighted by molar-refractivity contribution is -0.117. The average molecular weight is 428 g/mol. The summed E-state index contributed by atoms with van der Waals surface area (Å²) in [5.74, 6) is -0.0282. The highest BCUT2D eigenvalue weighted by Crippen LogP contribution is 2.39. The molecule has 0 spiro atoms. The first-order chi connectivity index (χ1) is 14.0. The second-order valence-electron chi connectivity index (χ2n) is 6.60. The van der Waals surface area contributed by atoms with Crippen LogP contribution in [0.25, 0.3) is 0 Å². The lowest BCUT2D eigenvalue weighted by Gasteiger charge is -2.11. The van der Waals surface area contributed by atoms with Crippen LogP contribution < -0.4 is 15.4 Å². The number of fused-ring (bicyclic) bond motifs is 1. The maximum Gasteiger partial charge on any atom is 0.257 e. The maximum absolute atomic E-state index is 12.7. The van der Waals surface area contributed by atoms with Crippen LogP contribution in [0.4, 0.5) is 10.8 Å². The molecule has 2 aromatic carbocycles. The molecule has 1 unspecified atom stereocenters. The summed E-state index contributed by atoms with van der Waals surface area (Å²) in [4.78, 5) is 30.7. The van der Waals surface area contributed by atoms with Crippen molar-refractivity contribution in [3.05, 3.63) is 69.7 Å². The van der Waals surface area contributed by atoms with Crippen LogP contribution in [0.5, 0.6) is 5.75 Å². The van der Waals surface area contributed by atoms with Crippen LogP contribution >= 0.6 is 22.9 Å². The highest BCUT2D eigenvalue weighted by atomic mass is 35.5. The third kappa shape index (κ3) is 4.26. The predicted octanol–water partition coefficient (Wildman–Crippen LogP) is 4.73. The average Bonchev–Trinajstić information content (AvgIpc) is 3.28. The molecule has 29 heavy (non-hydrogen) atoms. The fourth-order valence-electron chi connectivity index (χ4n) is 3.24. The Hall–Kier alpha value is -2.90. The van der Waals surface area contributed by atoms with E-state index < -0.39 is 0 Å². The van der Waals surface area contributed by atoms with Gasteiger partial charge in [-0.05, 0) is 55.3 Å². The normalized spacial score (nSPS) is 14.9. The summed E-state index contributed by atoms with van der Waals surface area (Å²) in [7, 11) is 1.57. The van der Waals surface area contributed by atoms with Crippen molar-refractivity contribution in [3.8, 4) is 5.75 Å². The molecule has 6 nitrogen and oxygen atoms in total. The minimum Gasteiger partial charge on any atom is -0.497 e. The van der Waals surface area contributed by atoms with Gasteiger partial charge in [0, 0.05) is 21.2 Å². The lowest BCUT2D eigenvalue weighted by Crippen LogP contribution is -2.20. The number of ether oxygens (including phenoxy) is 1. The summed E-state index contributed by atoms with van der Waals surface area (Å²) in [6.45, 7) is 0. The van der Waals surface area contributed by atoms with Gasteiger partial charge in [-0.25, -0.2) is 4.98 Å². The van der Waals surface area contributed by atoms with E-state index in [1.165, 1.54) is 11.3 Å². The van der Waals surface area contributed by atoms with Crippen molar-refractivity contribution in [3.63, 3.8) is 0 Å². The zero-order valence-electron chi connectivity index (χ0n) is 15.6. The molecule has 1 aliphatic rings. The van der Waals surface area contributed by atoms with Gasteiger partial charge in [-0.15, -0.1) is 11.3 Å². The Labute approximate surface area is 176 Å². The molecule has 1 heterocycles. The summed E-state index contributed by atoms with van der Waals surface area (Å²) in [5, 5.41) is 6.77. The number of rotatable bonds is 5. The third-order valence-electron chi connectivity index (χ3n) is 4.70. The number of nitrogens with zero attached hydrogens (tertiary/aromatic N) is 1. The Morgan fingerprint density at radius 2 is 1.97 bits per heavy atom. The maximum atomic E-state index is 12.7. The SMILES string of the molecule is COc1ccc(C(=O)Nc2nc3c(s2)CCC3C(=O)Nc2cccc(Cl)c2)cc1. The van der Waals surface area contributed by atoms with Crippen molar-refractivity contribution in [2.45, 2.75) is 18.8 Å². The number of hydrogen-bond donors (Lipinski definition) is 2. The van der Waals surface area contributed by atoms with Crippen molar-refractivity contribution in [1.82, 2.24) is 4.98 Å². The second kappa shape index (κ2) is 8.23. The van der Waals surface area contributed by atoms with E-state index in [0.29, 0.717) is 33.6 Å².